The predicted octanol–water partition coefficient (Wildman–Crippen LogP) is 7.57. The Morgan fingerprint density at radius 3 is 2.08 bits per heavy atom. The molecule has 26 heavy (non-hydrogen) atoms. The Bertz CT molecular complexity index is 391. The van der Waals surface area contributed by atoms with Gasteiger partial charge in [0.25, 0.3) is 0 Å². The van der Waals surface area contributed by atoms with Crippen molar-refractivity contribution in [3.8, 4) is 0 Å². The van der Waals surface area contributed by atoms with Crippen LogP contribution in [0.15, 0.2) is 24.1 Å². The van der Waals surface area contributed by atoms with Crippen molar-refractivity contribution < 1.29 is 9.66 Å². The van der Waals surface area contributed by atoms with Gasteiger partial charge in [0.05, 0.1) is 17.3 Å². The summed E-state index contributed by atoms with van der Waals surface area (Å²) >= 11 is 0. The normalized spacial score (nSPS) is 11.5. The Hall–Kier alpha value is -1.32. The highest BCUT2D eigenvalue weighted by atomic mass is 16.6. The van der Waals surface area contributed by atoms with Gasteiger partial charge in [-0.15, -0.1) is 0 Å². The van der Waals surface area contributed by atoms with Crippen LogP contribution in [0.25, 0.3) is 0 Å². The third-order valence-corrected chi connectivity index (χ3v) is 4.57. The fourth-order valence-electron chi connectivity index (χ4n) is 2.94. The Labute approximate surface area is 161 Å². The number of ether oxygens (including phenoxy) is 1. The molecule has 0 aliphatic heterocycles. The lowest BCUT2D eigenvalue weighted by Crippen LogP contribution is -1.99. The molecule has 4 heteroatoms. The van der Waals surface area contributed by atoms with E-state index in [1.54, 1.807) is 0 Å². The first-order valence-electron chi connectivity index (χ1n) is 10.8. The second kappa shape index (κ2) is 18.5. The molecule has 0 aromatic heterocycles. The zero-order valence-electron chi connectivity index (χ0n) is 17.3. The number of rotatable bonds is 19. The molecule has 0 aromatic carbocycles. The number of nitro groups is 1. The van der Waals surface area contributed by atoms with Gasteiger partial charge >= 0.3 is 0 Å². The van der Waals surface area contributed by atoms with Gasteiger partial charge in [0.2, 0.25) is 5.70 Å². The van der Waals surface area contributed by atoms with E-state index in [0.717, 1.165) is 63.7 Å². The fourth-order valence-corrected chi connectivity index (χ4v) is 2.94. The van der Waals surface area contributed by atoms with Crippen molar-refractivity contribution >= 4 is 0 Å². The van der Waals surface area contributed by atoms with E-state index in [9.17, 15) is 10.1 Å². The van der Waals surface area contributed by atoms with Crippen LogP contribution in [0.2, 0.25) is 0 Å². The average Bonchev–Trinajstić information content (AvgIpc) is 2.62. The monoisotopic (exact) mass is 367 g/mol. The van der Waals surface area contributed by atoms with Gasteiger partial charge in [-0.1, -0.05) is 71.8 Å². The maximum absolute atomic E-state index is 11.1. The molecule has 0 N–H and O–H groups in total. The third kappa shape index (κ3) is 16.2. The number of hydrogen-bond acceptors (Lipinski definition) is 3. The lowest BCUT2D eigenvalue weighted by atomic mass is 10.1. The summed E-state index contributed by atoms with van der Waals surface area (Å²) in [5, 5.41) is 11.1. The van der Waals surface area contributed by atoms with Crippen LogP contribution in [0, 0.1) is 10.1 Å². The molecule has 0 atom stereocenters. The van der Waals surface area contributed by atoms with E-state index in [1.807, 2.05) is 6.08 Å². The Morgan fingerprint density at radius 2 is 1.46 bits per heavy atom. The van der Waals surface area contributed by atoms with Gasteiger partial charge in [0.1, 0.15) is 0 Å². The largest absolute Gasteiger partial charge is 0.499 e. The maximum atomic E-state index is 11.1. The quantitative estimate of drug-likeness (QED) is 0.102. The van der Waals surface area contributed by atoms with Crippen molar-refractivity contribution in [1.82, 2.24) is 0 Å². The first-order chi connectivity index (χ1) is 12.6. The number of unbranched alkanes of at least 4 members (excludes halogenated alkanes) is 10. The van der Waals surface area contributed by atoms with Crippen molar-refractivity contribution in [2.75, 3.05) is 6.61 Å². The molecule has 0 bridgehead atoms. The third-order valence-electron chi connectivity index (χ3n) is 4.57. The first-order valence-corrected chi connectivity index (χ1v) is 10.8. The van der Waals surface area contributed by atoms with Crippen LogP contribution in [0.1, 0.15) is 110 Å². The minimum Gasteiger partial charge on any atom is -0.499 e. The predicted molar refractivity (Wildman–Crippen MR) is 111 cm³/mol. The highest BCUT2D eigenvalue weighted by Crippen LogP contribution is 2.15. The van der Waals surface area contributed by atoms with E-state index in [1.165, 1.54) is 38.5 Å². The zero-order valence-corrected chi connectivity index (χ0v) is 17.3. The van der Waals surface area contributed by atoms with Gasteiger partial charge in [-0.3, -0.25) is 10.1 Å². The number of hydrogen-bond donors (Lipinski definition) is 0. The van der Waals surface area contributed by atoms with Crippen molar-refractivity contribution in [1.29, 1.82) is 0 Å². The van der Waals surface area contributed by atoms with Crippen LogP contribution in [-0.4, -0.2) is 11.5 Å². The second-order valence-electron chi connectivity index (χ2n) is 7.16. The molecule has 0 aromatic rings. The van der Waals surface area contributed by atoms with Crippen molar-refractivity contribution in [2.45, 2.75) is 110 Å². The summed E-state index contributed by atoms with van der Waals surface area (Å²) in [5.74, 6) is 0.903. The van der Waals surface area contributed by atoms with Crippen LogP contribution < -0.4 is 0 Å². The first kappa shape index (κ1) is 24.7. The smallest absolute Gasteiger partial charge is 0.242 e. The molecule has 152 valence electrons. The lowest BCUT2D eigenvalue weighted by molar-refractivity contribution is -0.428. The van der Waals surface area contributed by atoms with Gasteiger partial charge in [-0.2, -0.15) is 0 Å². The molecule has 0 aliphatic carbocycles. The van der Waals surface area contributed by atoms with Crippen molar-refractivity contribution in [3.05, 3.63) is 34.2 Å². The van der Waals surface area contributed by atoms with Gasteiger partial charge in [0, 0.05) is 12.8 Å². The lowest BCUT2D eigenvalue weighted by Gasteiger charge is -2.07. The highest BCUT2D eigenvalue weighted by Gasteiger charge is 2.09. The minimum atomic E-state index is -0.187. The highest BCUT2D eigenvalue weighted by molar-refractivity contribution is 4.91. The molecule has 0 rings (SSSR count). The van der Waals surface area contributed by atoms with Crippen molar-refractivity contribution in [3.63, 3.8) is 0 Å². The van der Waals surface area contributed by atoms with Gasteiger partial charge in [-0.05, 0) is 38.2 Å². The van der Waals surface area contributed by atoms with E-state index in [-0.39, 0.29) is 4.92 Å². The molecule has 0 aliphatic rings. The number of nitrogens with zero attached hydrogens (tertiary/aromatic N) is 1. The molecule has 0 unspecified atom stereocenters. The van der Waals surface area contributed by atoms with Crippen molar-refractivity contribution in [2.24, 2.45) is 0 Å². The van der Waals surface area contributed by atoms with Crippen LogP contribution >= 0.6 is 0 Å². The van der Waals surface area contributed by atoms with E-state index in [0.29, 0.717) is 12.1 Å². The van der Waals surface area contributed by atoms with E-state index in [4.69, 9.17) is 4.74 Å². The Balaban J connectivity index is 3.67. The standard InChI is InChI=1S/C22H41NO3/c1-4-6-7-8-12-15-18-22(23(24)25)19-16-13-10-9-11-14-17-21(3)26-20-5-2/h19H,3-18,20H2,1-2H3/b22-19+. The molecular formula is C22H41NO3. The van der Waals surface area contributed by atoms with E-state index >= 15 is 0 Å². The summed E-state index contributed by atoms with van der Waals surface area (Å²) in [7, 11) is 0. The zero-order chi connectivity index (χ0) is 19.5. The van der Waals surface area contributed by atoms with Gasteiger partial charge in [-0.25, -0.2) is 0 Å². The summed E-state index contributed by atoms with van der Waals surface area (Å²) < 4.78 is 5.48. The summed E-state index contributed by atoms with van der Waals surface area (Å²) in [6, 6.07) is 0. The van der Waals surface area contributed by atoms with Crippen LogP contribution in [0.3, 0.4) is 0 Å². The van der Waals surface area contributed by atoms with Gasteiger partial charge < -0.3 is 4.74 Å². The summed E-state index contributed by atoms with van der Waals surface area (Å²) in [4.78, 5) is 10.9. The Morgan fingerprint density at radius 1 is 0.885 bits per heavy atom. The topological polar surface area (TPSA) is 52.4 Å². The molecule has 0 saturated heterocycles. The SMILES string of the molecule is C=C(CCCCCCC/C=C(\CCCCCCCC)[N+](=O)[O-])OCCC. The van der Waals surface area contributed by atoms with Crippen LogP contribution in [0.4, 0.5) is 0 Å². The van der Waals surface area contributed by atoms with Crippen LogP contribution in [0.5, 0.6) is 0 Å². The van der Waals surface area contributed by atoms with Gasteiger partial charge in [0.15, 0.2) is 0 Å². The molecule has 0 saturated carbocycles. The molecule has 0 amide bonds. The molecule has 0 fully saturated rings. The molecule has 0 heterocycles. The second-order valence-corrected chi connectivity index (χ2v) is 7.16. The summed E-state index contributed by atoms with van der Waals surface area (Å²) in [6.45, 7) is 8.99. The summed E-state index contributed by atoms with van der Waals surface area (Å²) in [5.41, 5.74) is 0.421. The number of allylic oxidation sites excluding steroid dienone is 3. The fraction of sp³-hybridized carbons (Fsp3) is 0.818. The van der Waals surface area contributed by atoms with Crippen LogP contribution in [-0.2, 0) is 4.74 Å². The molecule has 0 radical (unpaired) electrons. The Kier molecular flexibility index (Phi) is 17.5. The minimum absolute atomic E-state index is 0.187. The summed E-state index contributed by atoms with van der Waals surface area (Å²) in [6.07, 6.45) is 18.0. The molecule has 4 nitrogen and oxygen atoms in total. The average molecular weight is 368 g/mol. The maximum Gasteiger partial charge on any atom is 0.242 e. The molecule has 0 spiro atoms. The van der Waals surface area contributed by atoms with E-state index in [2.05, 4.69) is 20.4 Å². The van der Waals surface area contributed by atoms with E-state index < -0.39 is 0 Å². The molecular weight excluding hydrogens is 326 g/mol.